The van der Waals surface area contributed by atoms with Crippen LogP contribution in [0.4, 0.5) is 13.2 Å². The van der Waals surface area contributed by atoms with E-state index in [0.29, 0.717) is 5.39 Å². The molecule has 0 saturated heterocycles. The Balaban J connectivity index is 2.05. The molecule has 110 valence electrons. The summed E-state index contributed by atoms with van der Waals surface area (Å²) in [7, 11) is 0. The zero-order valence-corrected chi connectivity index (χ0v) is 11.1. The molecule has 0 aliphatic rings. The first-order valence-corrected chi connectivity index (χ1v) is 6.56. The van der Waals surface area contributed by atoms with E-state index in [1.165, 1.54) is 12.1 Å². The number of aromatic amines is 1. The maximum atomic E-state index is 12.4. The van der Waals surface area contributed by atoms with Crippen molar-refractivity contribution in [1.29, 1.82) is 0 Å². The Labute approximate surface area is 122 Å². The normalized spacial score (nSPS) is 12.3. The monoisotopic (exact) mass is 302 g/mol. The van der Waals surface area contributed by atoms with Gasteiger partial charge in [0.15, 0.2) is 0 Å². The smallest absolute Gasteiger partial charge is 0.406 e. The maximum Gasteiger partial charge on any atom is 0.573 e. The van der Waals surface area contributed by atoms with Crippen LogP contribution in [-0.2, 0) is 0 Å². The van der Waals surface area contributed by atoms with Gasteiger partial charge in [-0.3, -0.25) is 4.98 Å². The van der Waals surface area contributed by atoms with Gasteiger partial charge in [0, 0.05) is 21.7 Å². The van der Waals surface area contributed by atoms with Crippen LogP contribution in [0, 0.1) is 0 Å². The molecule has 0 aliphatic heterocycles. The van der Waals surface area contributed by atoms with E-state index in [-0.39, 0.29) is 5.75 Å². The van der Waals surface area contributed by atoms with Crippen LogP contribution in [0.1, 0.15) is 0 Å². The van der Waals surface area contributed by atoms with Crippen molar-refractivity contribution in [2.45, 2.75) is 6.36 Å². The van der Waals surface area contributed by atoms with Gasteiger partial charge in [0.25, 0.3) is 0 Å². The molecule has 4 aromatic rings. The molecular weight excluding hydrogens is 293 g/mol. The molecule has 22 heavy (non-hydrogen) atoms. The number of para-hydroxylation sites is 1. The van der Waals surface area contributed by atoms with E-state index >= 15 is 0 Å². The number of nitrogens with zero attached hydrogens (tertiary/aromatic N) is 1. The molecule has 0 bridgehead atoms. The predicted octanol–water partition coefficient (Wildman–Crippen LogP) is 4.77. The van der Waals surface area contributed by atoms with Crippen LogP contribution >= 0.6 is 0 Å². The maximum absolute atomic E-state index is 12.4. The molecule has 0 spiro atoms. The van der Waals surface area contributed by atoms with Crippen molar-refractivity contribution in [3.05, 3.63) is 48.7 Å². The number of fused-ring (bicyclic) bond motifs is 5. The lowest BCUT2D eigenvalue weighted by Gasteiger charge is -2.08. The number of rotatable bonds is 1. The molecule has 4 rings (SSSR count). The molecule has 0 aliphatic carbocycles. The highest BCUT2D eigenvalue weighted by Gasteiger charge is 2.31. The molecule has 0 amide bonds. The number of H-pyrrole nitrogens is 1. The molecule has 0 saturated carbocycles. The average molecular weight is 302 g/mol. The molecular formula is C16H9F3N2O. The van der Waals surface area contributed by atoms with Gasteiger partial charge >= 0.3 is 6.36 Å². The molecule has 0 atom stereocenters. The van der Waals surface area contributed by atoms with Gasteiger partial charge in [-0.15, -0.1) is 13.2 Å². The van der Waals surface area contributed by atoms with Crippen molar-refractivity contribution in [1.82, 2.24) is 9.97 Å². The molecule has 2 heterocycles. The average Bonchev–Trinajstić information content (AvgIpc) is 2.84. The summed E-state index contributed by atoms with van der Waals surface area (Å²) in [6, 6.07) is 11.8. The minimum absolute atomic E-state index is 0.234. The first kappa shape index (κ1) is 12.9. The van der Waals surface area contributed by atoms with E-state index in [0.717, 1.165) is 27.3 Å². The Hall–Kier alpha value is -2.76. The highest BCUT2D eigenvalue weighted by Crippen LogP contribution is 2.34. The third kappa shape index (κ3) is 2.04. The fraction of sp³-hybridized carbons (Fsp3) is 0.0625. The Morgan fingerprint density at radius 2 is 1.77 bits per heavy atom. The lowest BCUT2D eigenvalue weighted by molar-refractivity contribution is -0.274. The molecule has 0 fully saturated rings. The fourth-order valence-corrected chi connectivity index (χ4v) is 2.71. The van der Waals surface area contributed by atoms with Crippen LogP contribution in [0.5, 0.6) is 5.75 Å². The third-order valence-electron chi connectivity index (χ3n) is 3.54. The van der Waals surface area contributed by atoms with Crippen LogP contribution < -0.4 is 4.74 Å². The molecule has 2 aromatic carbocycles. The van der Waals surface area contributed by atoms with E-state index in [9.17, 15) is 13.2 Å². The number of nitrogens with one attached hydrogen (secondary N) is 1. The van der Waals surface area contributed by atoms with Crippen LogP contribution in [0.15, 0.2) is 48.7 Å². The van der Waals surface area contributed by atoms with Gasteiger partial charge in [-0.1, -0.05) is 18.2 Å². The second kappa shape index (κ2) is 4.37. The van der Waals surface area contributed by atoms with E-state index < -0.39 is 6.36 Å². The van der Waals surface area contributed by atoms with Crippen molar-refractivity contribution in [2.24, 2.45) is 0 Å². The van der Waals surface area contributed by atoms with Crippen molar-refractivity contribution in [3.8, 4) is 5.75 Å². The van der Waals surface area contributed by atoms with Gasteiger partial charge < -0.3 is 9.72 Å². The highest BCUT2D eigenvalue weighted by molar-refractivity contribution is 6.19. The number of benzene rings is 2. The van der Waals surface area contributed by atoms with Crippen LogP contribution in [0.3, 0.4) is 0 Å². The predicted molar refractivity (Wildman–Crippen MR) is 77.8 cm³/mol. The summed E-state index contributed by atoms with van der Waals surface area (Å²) in [5, 5.41) is 2.40. The SMILES string of the molecule is FC(F)(F)Oc1ccc2[nH]c3cnc4ccccc4c3c2c1. The van der Waals surface area contributed by atoms with Gasteiger partial charge in [-0.05, 0) is 24.3 Å². The van der Waals surface area contributed by atoms with Crippen LogP contribution in [-0.4, -0.2) is 16.3 Å². The molecule has 2 aromatic heterocycles. The van der Waals surface area contributed by atoms with E-state index in [2.05, 4.69) is 14.7 Å². The lowest BCUT2D eigenvalue weighted by atomic mass is 10.1. The second-order valence-electron chi connectivity index (χ2n) is 4.94. The number of alkyl halides is 3. The number of halogens is 3. The number of hydrogen-bond donors (Lipinski definition) is 1. The standard InChI is InChI=1S/C16H9F3N2O/c17-16(18,19)22-9-5-6-13-11(7-9)15-10-3-1-2-4-12(10)20-8-14(15)21-13/h1-8,21H. The summed E-state index contributed by atoms with van der Waals surface area (Å²) in [4.78, 5) is 7.50. The highest BCUT2D eigenvalue weighted by atomic mass is 19.4. The van der Waals surface area contributed by atoms with Crippen molar-refractivity contribution < 1.29 is 17.9 Å². The summed E-state index contributed by atoms with van der Waals surface area (Å²) in [6.07, 6.45) is -3.02. The molecule has 1 N–H and O–H groups in total. The number of aromatic nitrogens is 2. The first-order chi connectivity index (χ1) is 10.5. The summed E-state index contributed by atoms with van der Waals surface area (Å²) in [5.74, 6) is -0.234. The number of hydrogen-bond acceptors (Lipinski definition) is 2. The topological polar surface area (TPSA) is 37.9 Å². The third-order valence-corrected chi connectivity index (χ3v) is 3.54. The fourth-order valence-electron chi connectivity index (χ4n) is 2.71. The van der Waals surface area contributed by atoms with Gasteiger partial charge in [-0.25, -0.2) is 0 Å². The quantitative estimate of drug-likeness (QED) is 0.550. The zero-order valence-electron chi connectivity index (χ0n) is 11.1. The summed E-state index contributed by atoms with van der Waals surface area (Å²) in [6.45, 7) is 0. The number of pyridine rings is 1. The summed E-state index contributed by atoms with van der Waals surface area (Å²) >= 11 is 0. The Bertz CT molecular complexity index is 1000. The van der Waals surface area contributed by atoms with Crippen LogP contribution in [0.2, 0.25) is 0 Å². The minimum Gasteiger partial charge on any atom is -0.406 e. The molecule has 6 heteroatoms. The van der Waals surface area contributed by atoms with Crippen LogP contribution in [0.25, 0.3) is 32.7 Å². The van der Waals surface area contributed by atoms with Crippen molar-refractivity contribution in [2.75, 3.05) is 0 Å². The van der Waals surface area contributed by atoms with Gasteiger partial charge in [0.2, 0.25) is 0 Å². The zero-order chi connectivity index (χ0) is 15.3. The van der Waals surface area contributed by atoms with Gasteiger partial charge in [0.05, 0.1) is 17.2 Å². The lowest BCUT2D eigenvalue weighted by Crippen LogP contribution is -2.16. The Morgan fingerprint density at radius 1 is 0.955 bits per heavy atom. The molecule has 3 nitrogen and oxygen atoms in total. The van der Waals surface area contributed by atoms with Crippen molar-refractivity contribution in [3.63, 3.8) is 0 Å². The first-order valence-electron chi connectivity index (χ1n) is 6.56. The molecule has 0 radical (unpaired) electrons. The minimum atomic E-state index is -4.70. The van der Waals surface area contributed by atoms with Crippen molar-refractivity contribution >= 4 is 32.7 Å². The largest absolute Gasteiger partial charge is 0.573 e. The second-order valence-corrected chi connectivity index (χ2v) is 4.94. The van der Waals surface area contributed by atoms with Gasteiger partial charge in [0.1, 0.15) is 5.75 Å². The molecule has 0 unspecified atom stereocenters. The van der Waals surface area contributed by atoms with E-state index in [4.69, 9.17) is 0 Å². The number of ether oxygens (including phenoxy) is 1. The summed E-state index contributed by atoms with van der Waals surface area (Å²) < 4.78 is 41.2. The van der Waals surface area contributed by atoms with E-state index in [1.807, 2.05) is 24.3 Å². The Morgan fingerprint density at radius 3 is 2.59 bits per heavy atom. The van der Waals surface area contributed by atoms with Gasteiger partial charge in [-0.2, -0.15) is 0 Å². The van der Waals surface area contributed by atoms with E-state index in [1.54, 1.807) is 12.3 Å². The Kier molecular flexibility index (Phi) is 2.57. The summed E-state index contributed by atoms with van der Waals surface area (Å²) in [5.41, 5.74) is 2.30.